The highest BCUT2D eigenvalue weighted by Gasteiger charge is 2.31. The topological polar surface area (TPSA) is 120 Å². The van der Waals surface area contributed by atoms with E-state index < -0.39 is 10.8 Å². The minimum absolute atomic E-state index is 0.0765. The molecule has 2 aromatic heterocycles. The molecule has 10 nitrogen and oxygen atoms in total. The number of carbonyl (C=O) groups excluding carboxylic acids is 1. The quantitative estimate of drug-likeness (QED) is 0.271. The Morgan fingerprint density at radius 1 is 1.12 bits per heavy atom. The number of fused-ring (bicyclic) bond motifs is 1. The number of nitro groups is 1. The van der Waals surface area contributed by atoms with Crippen LogP contribution in [0.2, 0.25) is 0 Å². The van der Waals surface area contributed by atoms with Gasteiger partial charge in [0.05, 0.1) is 16.9 Å². The molecule has 0 saturated carbocycles. The van der Waals surface area contributed by atoms with E-state index in [2.05, 4.69) is 15.5 Å². The second kappa shape index (κ2) is 7.91. The van der Waals surface area contributed by atoms with Crippen LogP contribution in [0.1, 0.15) is 11.3 Å². The second-order valence-electron chi connectivity index (χ2n) is 7.10. The van der Waals surface area contributed by atoms with E-state index in [1.807, 2.05) is 30.3 Å². The molecule has 5 rings (SSSR count). The first-order chi connectivity index (χ1) is 15.6. The normalized spacial score (nSPS) is 13.2. The number of amides is 1. The lowest BCUT2D eigenvalue weighted by Gasteiger charge is -2.19. The summed E-state index contributed by atoms with van der Waals surface area (Å²) in [6.07, 6.45) is 3.65. The Morgan fingerprint density at radius 2 is 1.97 bits per heavy atom. The van der Waals surface area contributed by atoms with Gasteiger partial charge in [0.1, 0.15) is 11.5 Å². The average molecular weight is 428 g/mol. The van der Waals surface area contributed by atoms with E-state index in [4.69, 9.17) is 4.42 Å². The summed E-state index contributed by atoms with van der Waals surface area (Å²) in [5.41, 5.74) is 2.17. The predicted molar refractivity (Wildman–Crippen MR) is 115 cm³/mol. The van der Waals surface area contributed by atoms with Crippen LogP contribution < -0.4 is 4.90 Å². The zero-order chi connectivity index (χ0) is 22.1. The van der Waals surface area contributed by atoms with Gasteiger partial charge in [-0.05, 0) is 34.5 Å². The Morgan fingerprint density at radius 3 is 2.72 bits per heavy atom. The van der Waals surface area contributed by atoms with Gasteiger partial charge in [-0.15, -0.1) is 5.10 Å². The zero-order valence-electron chi connectivity index (χ0n) is 16.7. The number of nitrogens with zero attached hydrogens (tertiary/aromatic N) is 6. The molecule has 32 heavy (non-hydrogen) atoms. The number of aromatic nitrogens is 4. The molecule has 0 atom stereocenters. The third-order valence-corrected chi connectivity index (χ3v) is 5.19. The van der Waals surface area contributed by atoms with Gasteiger partial charge in [-0.1, -0.05) is 36.4 Å². The van der Waals surface area contributed by atoms with E-state index >= 15 is 0 Å². The van der Waals surface area contributed by atoms with Crippen LogP contribution in [0.4, 0.5) is 11.4 Å². The van der Waals surface area contributed by atoms with Crippen molar-refractivity contribution in [3.63, 3.8) is 0 Å². The molecular weight excluding hydrogens is 412 g/mol. The Bertz CT molecular complexity index is 1330. The molecular formula is C22H16N6O4. The van der Waals surface area contributed by atoms with E-state index in [1.165, 1.54) is 28.0 Å². The highest BCUT2D eigenvalue weighted by atomic mass is 16.6. The van der Waals surface area contributed by atoms with Crippen molar-refractivity contribution in [1.82, 2.24) is 20.2 Å². The van der Waals surface area contributed by atoms with Crippen LogP contribution in [0.3, 0.4) is 0 Å². The molecule has 10 heteroatoms. The molecule has 3 heterocycles. The molecule has 0 radical (unpaired) electrons. The summed E-state index contributed by atoms with van der Waals surface area (Å²) in [7, 11) is 0. The number of furan rings is 1. The minimum atomic E-state index is -0.476. The van der Waals surface area contributed by atoms with E-state index in [9.17, 15) is 14.9 Å². The van der Waals surface area contributed by atoms with Gasteiger partial charge in [-0.2, -0.15) is 4.68 Å². The molecule has 2 aromatic carbocycles. The Hall–Kier alpha value is -4.60. The van der Waals surface area contributed by atoms with Crippen molar-refractivity contribution in [2.45, 2.75) is 6.42 Å². The van der Waals surface area contributed by atoms with Crippen LogP contribution >= 0.6 is 0 Å². The third kappa shape index (κ3) is 3.43. The van der Waals surface area contributed by atoms with E-state index in [-0.39, 0.29) is 11.4 Å². The third-order valence-electron chi connectivity index (χ3n) is 5.19. The first kappa shape index (κ1) is 19.4. The second-order valence-corrected chi connectivity index (χ2v) is 7.10. The SMILES string of the molecule is O=C(/C(=C\c1ccco1)n1nnnc1-c1ccccc1)N1CCc2ccc([N+](=O)[O-])cc21. The molecule has 0 spiro atoms. The lowest BCUT2D eigenvalue weighted by Crippen LogP contribution is -2.32. The van der Waals surface area contributed by atoms with Crippen molar-refractivity contribution in [2.75, 3.05) is 11.4 Å². The molecule has 0 bridgehead atoms. The van der Waals surface area contributed by atoms with Crippen molar-refractivity contribution in [2.24, 2.45) is 0 Å². The molecule has 158 valence electrons. The van der Waals surface area contributed by atoms with Gasteiger partial charge in [-0.3, -0.25) is 14.9 Å². The molecule has 0 N–H and O–H groups in total. The van der Waals surface area contributed by atoms with Crippen molar-refractivity contribution >= 4 is 29.1 Å². The van der Waals surface area contributed by atoms with E-state index in [1.54, 1.807) is 24.3 Å². The van der Waals surface area contributed by atoms with Crippen LogP contribution in [-0.4, -0.2) is 37.6 Å². The number of anilines is 1. The summed E-state index contributed by atoms with van der Waals surface area (Å²) in [5.74, 6) is 0.432. The van der Waals surface area contributed by atoms with Crippen LogP contribution in [0, 0.1) is 10.1 Å². The van der Waals surface area contributed by atoms with Gasteiger partial charge in [0.15, 0.2) is 5.82 Å². The first-order valence-electron chi connectivity index (χ1n) is 9.80. The van der Waals surface area contributed by atoms with Gasteiger partial charge in [-0.25, -0.2) is 0 Å². The van der Waals surface area contributed by atoms with E-state index in [0.717, 1.165) is 11.1 Å². The number of hydrogen-bond donors (Lipinski definition) is 0. The molecule has 0 fully saturated rings. The maximum atomic E-state index is 13.7. The number of non-ortho nitro benzene ring substituents is 1. The fourth-order valence-electron chi connectivity index (χ4n) is 3.67. The lowest BCUT2D eigenvalue weighted by molar-refractivity contribution is -0.384. The van der Waals surface area contributed by atoms with Gasteiger partial charge in [0.25, 0.3) is 11.6 Å². The van der Waals surface area contributed by atoms with Gasteiger partial charge in [0, 0.05) is 30.3 Å². The molecule has 1 amide bonds. The monoisotopic (exact) mass is 428 g/mol. The minimum Gasteiger partial charge on any atom is -0.465 e. The summed E-state index contributed by atoms with van der Waals surface area (Å²) in [6.45, 7) is 0.383. The summed E-state index contributed by atoms with van der Waals surface area (Å²) >= 11 is 0. The maximum absolute atomic E-state index is 13.7. The number of carbonyl (C=O) groups is 1. The highest BCUT2D eigenvalue weighted by molar-refractivity contribution is 6.25. The van der Waals surface area contributed by atoms with Crippen LogP contribution in [0.5, 0.6) is 0 Å². The number of nitro benzene ring substituents is 1. The summed E-state index contributed by atoms with van der Waals surface area (Å²) < 4.78 is 6.78. The number of rotatable bonds is 5. The van der Waals surface area contributed by atoms with Gasteiger partial charge < -0.3 is 9.32 Å². The first-order valence-corrected chi connectivity index (χ1v) is 9.80. The highest BCUT2D eigenvalue weighted by Crippen LogP contribution is 2.34. The number of tetrazole rings is 1. The van der Waals surface area contributed by atoms with Gasteiger partial charge >= 0.3 is 0 Å². The summed E-state index contributed by atoms with van der Waals surface area (Å²) in [4.78, 5) is 26.0. The molecule has 0 unspecified atom stereocenters. The molecule has 0 saturated heterocycles. The lowest BCUT2D eigenvalue weighted by atomic mass is 10.1. The number of hydrogen-bond acceptors (Lipinski definition) is 7. The smallest absolute Gasteiger partial charge is 0.277 e. The van der Waals surface area contributed by atoms with Crippen LogP contribution in [-0.2, 0) is 11.2 Å². The average Bonchev–Trinajstić information content (AvgIpc) is 3.58. The zero-order valence-corrected chi connectivity index (χ0v) is 16.7. The Labute approximate surface area is 181 Å². The predicted octanol–water partition coefficient (Wildman–Crippen LogP) is 3.43. The summed E-state index contributed by atoms with van der Waals surface area (Å²) in [5, 5.41) is 23.2. The molecule has 1 aliphatic rings. The maximum Gasteiger partial charge on any atom is 0.277 e. The van der Waals surface area contributed by atoms with Crippen LogP contribution in [0.25, 0.3) is 23.2 Å². The van der Waals surface area contributed by atoms with Crippen molar-refractivity contribution < 1.29 is 14.1 Å². The van der Waals surface area contributed by atoms with E-state index in [0.29, 0.717) is 30.2 Å². The molecule has 1 aliphatic heterocycles. The van der Waals surface area contributed by atoms with Crippen LogP contribution in [0.15, 0.2) is 71.3 Å². The fourth-order valence-corrected chi connectivity index (χ4v) is 3.67. The molecule has 0 aliphatic carbocycles. The Balaban J connectivity index is 1.61. The standard InChI is InChI=1S/C22H16N6O4/c29-22(26-11-10-15-8-9-17(28(30)31)13-19(15)26)20(14-18-7-4-12-32-18)27-21(23-24-25-27)16-5-2-1-3-6-16/h1-9,12-14H,10-11H2/b20-14+. The fraction of sp³-hybridized carbons (Fsp3) is 0.0909. The molecule has 4 aromatic rings. The Kier molecular flexibility index (Phi) is 4.79. The van der Waals surface area contributed by atoms with Crippen molar-refractivity contribution in [3.8, 4) is 11.4 Å². The van der Waals surface area contributed by atoms with Crippen molar-refractivity contribution in [3.05, 3.63) is 88.4 Å². The number of benzene rings is 2. The summed E-state index contributed by atoms with van der Waals surface area (Å²) in [6, 6.07) is 17.2. The van der Waals surface area contributed by atoms with Crippen molar-refractivity contribution in [1.29, 1.82) is 0 Å². The largest absolute Gasteiger partial charge is 0.465 e. The van der Waals surface area contributed by atoms with Gasteiger partial charge in [0.2, 0.25) is 0 Å².